The van der Waals surface area contributed by atoms with Gasteiger partial charge in [-0.25, -0.2) is 0 Å². The molecule has 1 heteroatoms. The van der Waals surface area contributed by atoms with Crippen LogP contribution in [0.15, 0.2) is 97.1 Å². The van der Waals surface area contributed by atoms with E-state index < -0.39 is 0 Å². The van der Waals surface area contributed by atoms with Gasteiger partial charge in [0.05, 0.1) is 0 Å². The van der Waals surface area contributed by atoms with Gasteiger partial charge in [0, 0.05) is 16.0 Å². The van der Waals surface area contributed by atoms with Crippen molar-refractivity contribution >= 4 is 11.6 Å². The maximum Gasteiger partial charge on any atom is 0.0484 e. The Kier molecular flexibility index (Phi) is 3.70. The van der Waals surface area contributed by atoms with Crippen LogP contribution >= 0.6 is 11.6 Å². The summed E-state index contributed by atoms with van der Waals surface area (Å²) in [6.07, 6.45) is 0. The summed E-state index contributed by atoms with van der Waals surface area (Å²) < 4.78 is 0. The van der Waals surface area contributed by atoms with Crippen LogP contribution in [0.5, 0.6) is 0 Å². The van der Waals surface area contributed by atoms with E-state index >= 15 is 0 Å². The molecule has 0 saturated heterocycles. The van der Waals surface area contributed by atoms with Crippen molar-refractivity contribution in [1.29, 1.82) is 0 Å². The molecule has 130 valence electrons. The quantitative estimate of drug-likeness (QED) is 0.348. The first kappa shape index (κ1) is 16.4. The van der Waals surface area contributed by atoms with Crippen LogP contribution in [0.25, 0.3) is 22.3 Å². The van der Waals surface area contributed by atoms with Crippen molar-refractivity contribution in [2.45, 2.75) is 12.3 Å². The number of fused-ring (bicyclic) bond motifs is 3. The zero-order valence-corrected chi connectivity index (χ0v) is 15.9. The van der Waals surface area contributed by atoms with E-state index in [9.17, 15) is 0 Å². The summed E-state index contributed by atoms with van der Waals surface area (Å²) in [5, 5.41) is 0.785. The Bertz CT molecular complexity index is 1110. The van der Waals surface area contributed by atoms with Crippen LogP contribution in [-0.2, 0) is 5.41 Å². The van der Waals surface area contributed by atoms with E-state index in [0.717, 1.165) is 10.6 Å². The van der Waals surface area contributed by atoms with Crippen LogP contribution in [0.4, 0.5) is 0 Å². The third-order valence-electron chi connectivity index (χ3n) is 5.85. The zero-order valence-electron chi connectivity index (χ0n) is 15.1. The first-order chi connectivity index (χ1) is 13.2. The lowest BCUT2D eigenvalue weighted by Gasteiger charge is -2.30. The molecule has 0 nitrogen and oxygen atoms in total. The highest BCUT2D eigenvalue weighted by Crippen LogP contribution is 2.54. The van der Waals surface area contributed by atoms with Crippen LogP contribution in [0.3, 0.4) is 0 Å². The summed E-state index contributed by atoms with van der Waals surface area (Å²) in [5.74, 6) is 0. The molecule has 5 rings (SSSR count). The summed E-state index contributed by atoms with van der Waals surface area (Å²) >= 11 is 6.58. The molecular formula is C26H19Cl. The Balaban J connectivity index is 1.86. The third kappa shape index (κ3) is 2.30. The lowest BCUT2D eigenvalue weighted by molar-refractivity contribution is 0.716. The minimum absolute atomic E-state index is 0.219. The Morgan fingerprint density at radius 3 is 1.26 bits per heavy atom. The molecule has 27 heavy (non-hydrogen) atoms. The van der Waals surface area contributed by atoms with Gasteiger partial charge in [-0.2, -0.15) is 0 Å². The lowest BCUT2D eigenvalue weighted by atomic mass is 9.72. The molecule has 0 aliphatic heterocycles. The maximum atomic E-state index is 6.58. The average Bonchev–Trinajstić information content (AvgIpc) is 2.99. The fourth-order valence-corrected chi connectivity index (χ4v) is 4.81. The van der Waals surface area contributed by atoms with Crippen molar-refractivity contribution in [3.63, 3.8) is 0 Å². The van der Waals surface area contributed by atoms with E-state index in [2.05, 4.69) is 91.9 Å². The molecule has 0 fully saturated rings. The summed E-state index contributed by atoms with van der Waals surface area (Å²) in [4.78, 5) is 0. The fourth-order valence-electron chi connectivity index (χ4n) is 4.58. The topological polar surface area (TPSA) is 0 Å². The summed E-state index contributed by atoms with van der Waals surface area (Å²) in [6, 6.07) is 34.3. The van der Waals surface area contributed by atoms with Crippen molar-refractivity contribution in [1.82, 2.24) is 0 Å². The zero-order chi connectivity index (χ0) is 18.4. The van der Waals surface area contributed by atoms with E-state index in [1.807, 2.05) is 12.1 Å². The molecule has 0 aromatic heterocycles. The Labute approximate surface area is 165 Å². The molecule has 0 unspecified atom stereocenters. The van der Waals surface area contributed by atoms with Crippen LogP contribution in [-0.4, -0.2) is 0 Å². The van der Waals surface area contributed by atoms with Crippen molar-refractivity contribution in [2.75, 3.05) is 0 Å². The molecule has 0 spiro atoms. The second-order valence-corrected chi connectivity index (χ2v) is 7.65. The van der Waals surface area contributed by atoms with E-state index in [1.165, 1.54) is 33.4 Å². The Morgan fingerprint density at radius 1 is 0.481 bits per heavy atom. The predicted octanol–water partition coefficient (Wildman–Crippen LogP) is 7.34. The second-order valence-electron chi connectivity index (χ2n) is 7.24. The van der Waals surface area contributed by atoms with Gasteiger partial charge in [0.2, 0.25) is 0 Å². The number of hydrogen-bond donors (Lipinski definition) is 0. The lowest BCUT2D eigenvalue weighted by Crippen LogP contribution is -2.23. The van der Waals surface area contributed by atoms with Gasteiger partial charge in [-0.15, -0.1) is 0 Å². The van der Waals surface area contributed by atoms with Gasteiger partial charge in [-0.05, 0) is 46.4 Å². The number of benzene rings is 4. The van der Waals surface area contributed by atoms with Crippen molar-refractivity contribution < 1.29 is 0 Å². The predicted molar refractivity (Wildman–Crippen MR) is 114 cm³/mol. The minimum atomic E-state index is -0.219. The van der Waals surface area contributed by atoms with Gasteiger partial charge in [0.25, 0.3) is 0 Å². The van der Waals surface area contributed by atoms with Crippen molar-refractivity contribution in [3.8, 4) is 22.3 Å². The molecule has 4 aromatic carbocycles. The van der Waals surface area contributed by atoms with Crippen LogP contribution < -0.4 is 0 Å². The highest BCUT2D eigenvalue weighted by Gasteiger charge is 2.41. The molecule has 1 aliphatic rings. The van der Waals surface area contributed by atoms with Gasteiger partial charge in [0.1, 0.15) is 0 Å². The molecule has 4 aromatic rings. The summed E-state index contributed by atoms with van der Waals surface area (Å²) in [5.41, 5.74) is 8.69. The highest BCUT2D eigenvalue weighted by molar-refractivity contribution is 6.33. The number of hydrogen-bond acceptors (Lipinski definition) is 0. The van der Waals surface area contributed by atoms with Gasteiger partial charge in [-0.3, -0.25) is 0 Å². The van der Waals surface area contributed by atoms with Gasteiger partial charge >= 0.3 is 0 Å². The average molecular weight is 367 g/mol. The second kappa shape index (κ2) is 6.11. The maximum absolute atomic E-state index is 6.58. The normalized spacial score (nSPS) is 13.9. The van der Waals surface area contributed by atoms with Gasteiger partial charge in [0.15, 0.2) is 0 Å². The standard InChI is InChI=1S/C26H19Cl/c1-26(22-14-6-2-10-18(22)19-11-3-7-15-23(19)26)24-16-8-4-12-20(24)21-13-5-9-17-25(21)27/h2-17H,1H3. The van der Waals surface area contributed by atoms with Crippen LogP contribution in [0.2, 0.25) is 5.02 Å². The number of rotatable bonds is 2. The van der Waals surface area contributed by atoms with E-state index in [1.54, 1.807) is 0 Å². The molecule has 0 amide bonds. The SMILES string of the molecule is CC1(c2ccccc2-c2ccccc2Cl)c2ccccc2-c2ccccc21. The van der Waals surface area contributed by atoms with Crippen molar-refractivity contribution in [3.05, 3.63) is 119 Å². The molecule has 1 aliphatic carbocycles. The number of halogens is 1. The fraction of sp³-hybridized carbons (Fsp3) is 0.0769. The first-order valence-electron chi connectivity index (χ1n) is 9.25. The van der Waals surface area contributed by atoms with E-state index in [0.29, 0.717) is 0 Å². The summed E-state index contributed by atoms with van der Waals surface area (Å²) in [6.45, 7) is 2.34. The van der Waals surface area contributed by atoms with Gasteiger partial charge < -0.3 is 0 Å². The van der Waals surface area contributed by atoms with Crippen molar-refractivity contribution in [2.24, 2.45) is 0 Å². The largest absolute Gasteiger partial charge is 0.0837 e. The molecule has 0 heterocycles. The molecule has 0 N–H and O–H groups in total. The molecular weight excluding hydrogens is 348 g/mol. The monoisotopic (exact) mass is 366 g/mol. The summed E-state index contributed by atoms with van der Waals surface area (Å²) in [7, 11) is 0. The van der Waals surface area contributed by atoms with E-state index in [4.69, 9.17) is 11.6 Å². The minimum Gasteiger partial charge on any atom is -0.0837 e. The first-order valence-corrected chi connectivity index (χ1v) is 9.63. The smallest absolute Gasteiger partial charge is 0.0484 e. The third-order valence-corrected chi connectivity index (χ3v) is 6.18. The Morgan fingerprint density at radius 2 is 0.815 bits per heavy atom. The molecule has 0 atom stereocenters. The van der Waals surface area contributed by atoms with Gasteiger partial charge in [-0.1, -0.05) is 103 Å². The van der Waals surface area contributed by atoms with E-state index in [-0.39, 0.29) is 5.41 Å². The van der Waals surface area contributed by atoms with Crippen LogP contribution in [0.1, 0.15) is 23.6 Å². The Hall–Kier alpha value is -2.83. The molecule has 0 radical (unpaired) electrons. The molecule has 0 saturated carbocycles. The molecule has 0 bridgehead atoms. The highest BCUT2D eigenvalue weighted by atomic mass is 35.5. The van der Waals surface area contributed by atoms with Crippen LogP contribution in [0, 0.1) is 0 Å².